The van der Waals surface area contributed by atoms with Crippen LogP contribution in [0.1, 0.15) is 46.6 Å². The molecule has 2 heterocycles. The van der Waals surface area contributed by atoms with Crippen LogP contribution in [0.15, 0.2) is 24.3 Å². The first-order chi connectivity index (χ1) is 12.1. The number of amides is 2. The molecule has 2 aliphatic heterocycles. The molecule has 0 saturated carbocycles. The van der Waals surface area contributed by atoms with Gasteiger partial charge in [0.15, 0.2) is 0 Å². The number of carboxylic acid groups (broad SMARTS) is 1. The van der Waals surface area contributed by atoms with E-state index in [1.54, 1.807) is 0 Å². The van der Waals surface area contributed by atoms with Crippen LogP contribution >= 0.6 is 0 Å². The van der Waals surface area contributed by atoms with E-state index >= 15 is 0 Å². The van der Waals surface area contributed by atoms with Crippen LogP contribution in [0.5, 0.6) is 0 Å². The van der Waals surface area contributed by atoms with E-state index in [-0.39, 0.29) is 5.91 Å². The van der Waals surface area contributed by atoms with Crippen molar-refractivity contribution in [1.29, 1.82) is 0 Å². The van der Waals surface area contributed by atoms with Crippen molar-refractivity contribution in [1.82, 2.24) is 4.90 Å². The number of nitrogens with zero attached hydrogens (tertiary/aromatic N) is 2. The Hall–Kier alpha value is -2.04. The molecule has 3 rings (SSSR count). The molecule has 142 valence electrons. The van der Waals surface area contributed by atoms with Crippen molar-refractivity contribution >= 4 is 17.7 Å². The van der Waals surface area contributed by atoms with Gasteiger partial charge in [-0.25, -0.2) is 4.79 Å². The van der Waals surface area contributed by atoms with Gasteiger partial charge in [0.25, 0.3) is 0 Å². The minimum Gasteiger partial charge on any atom is -0.465 e. The number of para-hydroxylation sites is 1. The average molecular weight is 358 g/mol. The van der Waals surface area contributed by atoms with Crippen LogP contribution in [0, 0.1) is 17.3 Å². The van der Waals surface area contributed by atoms with Gasteiger partial charge in [-0.3, -0.25) is 9.69 Å². The van der Waals surface area contributed by atoms with E-state index in [0.29, 0.717) is 37.0 Å². The molecule has 0 radical (unpaired) electrons. The van der Waals surface area contributed by atoms with Crippen molar-refractivity contribution in [2.45, 2.75) is 53.0 Å². The Bertz CT molecular complexity index is 714. The summed E-state index contributed by atoms with van der Waals surface area (Å²) in [7, 11) is 0. The zero-order valence-corrected chi connectivity index (χ0v) is 16.5. The quantitative estimate of drug-likeness (QED) is 0.825. The number of carbonyl (C=O) groups excluding carboxylic acids is 1. The van der Waals surface area contributed by atoms with Gasteiger partial charge < -0.3 is 10.0 Å². The smallest absolute Gasteiger partial charge is 0.412 e. The van der Waals surface area contributed by atoms with E-state index in [4.69, 9.17) is 0 Å². The van der Waals surface area contributed by atoms with Crippen molar-refractivity contribution in [3.63, 3.8) is 0 Å². The number of hydrogen-bond donors (Lipinski definition) is 1. The fraction of sp³-hybridized carbons (Fsp3) is 0.619. The second-order valence-corrected chi connectivity index (χ2v) is 9.19. The first-order valence-corrected chi connectivity index (χ1v) is 9.48. The number of likely N-dealkylation sites (tertiary alicyclic amines) is 1. The average Bonchev–Trinajstić information content (AvgIpc) is 2.89. The maximum Gasteiger partial charge on any atom is 0.412 e. The van der Waals surface area contributed by atoms with Gasteiger partial charge in [0.2, 0.25) is 5.91 Å². The van der Waals surface area contributed by atoms with Gasteiger partial charge in [-0.05, 0) is 35.3 Å². The fourth-order valence-electron chi connectivity index (χ4n) is 4.89. The SMILES string of the molecule is C[C@@H]1C[C@H](C)CN(C(=O)C2(C(C)(C)C)Cc3ccccc3N2C(=O)O)C1. The fourth-order valence-corrected chi connectivity index (χ4v) is 4.89. The van der Waals surface area contributed by atoms with Gasteiger partial charge in [-0.2, -0.15) is 0 Å². The van der Waals surface area contributed by atoms with Gasteiger partial charge in [0.05, 0.1) is 5.69 Å². The molecule has 1 aromatic rings. The topological polar surface area (TPSA) is 60.9 Å². The summed E-state index contributed by atoms with van der Waals surface area (Å²) in [4.78, 5) is 29.4. The molecule has 0 spiro atoms. The number of fused-ring (bicyclic) bond motifs is 1. The van der Waals surface area contributed by atoms with E-state index in [0.717, 1.165) is 12.0 Å². The van der Waals surface area contributed by atoms with E-state index in [1.807, 2.05) is 49.9 Å². The summed E-state index contributed by atoms with van der Waals surface area (Å²) in [5.41, 5.74) is -0.0808. The number of hydrogen-bond acceptors (Lipinski definition) is 2. The Kier molecular flexibility index (Phi) is 4.53. The molecule has 0 bridgehead atoms. The second kappa shape index (κ2) is 6.29. The lowest BCUT2D eigenvalue weighted by Gasteiger charge is -2.49. The maximum absolute atomic E-state index is 13.9. The summed E-state index contributed by atoms with van der Waals surface area (Å²) < 4.78 is 0. The van der Waals surface area contributed by atoms with Crippen LogP contribution in [-0.2, 0) is 11.2 Å². The summed E-state index contributed by atoms with van der Waals surface area (Å²) in [6.45, 7) is 11.7. The molecule has 1 fully saturated rings. The molecule has 1 saturated heterocycles. The third-order valence-electron chi connectivity index (χ3n) is 6.00. The minimum atomic E-state index is -1.11. The molecule has 26 heavy (non-hydrogen) atoms. The largest absolute Gasteiger partial charge is 0.465 e. The lowest BCUT2D eigenvalue weighted by molar-refractivity contribution is -0.143. The standard InChI is InChI=1S/C21H30N2O3/c1-14-10-15(2)13-22(12-14)18(24)21(20(3,4)5)11-16-8-6-7-9-17(16)23(21)19(25)26/h6-9,14-15H,10-13H2,1-5H3,(H,25,26)/t14-,15+,21?. The number of carbonyl (C=O) groups is 2. The summed E-state index contributed by atoms with van der Waals surface area (Å²) in [6.07, 6.45) is 0.475. The molecule has 5 heteroatoms. The summed E-state index contributed by atoms with van der Waals surface area (Å²) in [6, 6.07) is 7.50. The van der Waals surface area contributed by atoms with E-state index in [2.05, 4.69) is 13.8 Å². The van der Waals surface area contributed by atoms with E-state index in [1.165, 1.54) is 4.90 Å². The van der Waals surface area contributed by atoms with Crippen molar-refractivity contribution in [3.05, 3.63) is 29.8 Å². The second-order valence-electron chi connectivity index (χ2n) is 9.19. The summed E-state index contributed by atoms with van der Waals surface area (Å²) >= 11 is 0. The highest BCUT2D eigenvalue weighted by atomic mass is 16.4. The number of rotatable bonds is 1. The van der Waals surface area contributed by atoms with Gasteiger partial charge in [-0.1, -0.05) is 52.8 Å². The predicted molar refractivity (Wildman–Crippen MR) is 102 cm³/mol. The van der Waals surface area contributed by atoms with Crippen molar-refractivity contribution in [2.75, 3.05) is 18.0 Å². The highest BCUT2D eigenvalue weighted by Gasteiger charge is 2.60. The molecule has 0 aliphatic carbocycles. The predicted octanol–water partition coefficient (Wildman–Crippen LogP) is 4.02. The third kappa shape index (κ3) is 2.78. The van der Waals surface area contributed by atoms with E-state index in [9.17, 15) is 14.7 Å². The highest BCUT2D eigenvalue weighted by molar-refractivity contribution is 6.04. The molecule has 2 aliphatic rings. The third-order valence-corrected chi connectivity index (χ3v) is 6.00. The van der Waals surface area contributed by atoms with Crippen LogP contribution in [0.3, 0.4) is 0 Å². The molecular weight excluding hydrogens is 328 g/mol. The Morgan fingerprint density at radius 1 is 1.12 bits per heavy atom. The molecule has 1 aromatic carbocycles. The van der Waals surface area contributed by atoms with Crippen LogP contribution in [0.2, 0.25) is 0 Å². The Balaban J connectivity index is 2.11. The summed E-state index contributed by atoms with van der Waals surface area (Å²) in [5, 5.41) is 10.1. The Morgan fingerprint density at radius 2 is 1.69 bits per heavy atom. The van der Waals surface area contributed by atoms with Crippen LogP contribution in [0.4, 0.5) is 10.5 Å². The molecule has 3 atom stereocenters. The highest BCUT2D eigenvalue weighted by Crippen LogP contribution is 2.49. The minimum absolute atomic E-state index is 0.0537. The number of anilines is 1. The Labute approximate surface area is 156 Å². The molecule has 5 nitrogen and oxygen atoms in total. The maximum atomic E-state index is 13.9. The van der Waals surface area contributed by atoms with Crippen molar-refractivity contribution in [2.24, 2.45) is 17.3 Å². The lowest BCUT2D eigenvalue weighted by atomic mass is 9.69. The van der Waals surface area contributed by atoms with Crippen molar-refractivity contribution < 1.29 is 14.7 Å². The van der Waals surface area contributed by atoms with Gasteiger partial charge >= 0.3 is 6.09 Å². The zero-order valence-electron chi connectivity index (χ0n) is 16.5. The molecular formula is C21H30N2O3. The summed E-state index contributed by atoms with van der Waals surface area (Å²) in [5.74, 6) is 0.811. The van der Waals surface area contributed by atoms with Crippen LogP contribution < -0.4 is 4.90 Å². The molecule has 0 aromatic heterocycles. The molecule has 1 unspecified atom stereocenters. The van der Waals surface area contributed by atoms with Crippen LogP contribution in [-0.4, -0.2) is 40.6 Å². The lowest BCUT2D eigenvalue weighted by Crippen LogP contribution is -2.67. The monoisotopic (exact) mass is 358 g/mol. The van der Waals surface area contributed by atoms with E-state index < -0.39 is 17.0 Å². The molecule has 2 amide bonds. The Morgan fingerprint density at radius 3 is 2.23 bits per heavy atom. The van der Waals surface area contributed by atoms with Gasteiger partial charge in [-0.15, -0.1) is 0 Å². The van der Waals surface area contributed by atoms with Gasteiger partial charge in [0, 0.05) is 19.5 Å². The number of benzene rings is 1. The van der Waals surface area contributed by atoms with Crippen LogP contribution in [0.25, 0.3) is 0 Å². The zero-order chi connectivity index (χ0) is 19.3. The first-order valence-electron chi connectivity index (χ1n) is 9.48. The number of piperidine rings is 1. The normalized spacial score (nSPS) is 28.8. The van der Waals surface area contributed by atoms with Crippen molar-refractivity contribution in [3.8, 4) is 0 Å². The molecule has 1 N–H and O–H groups in total. The van der Waals surface area contributed by atoms with Gasteiger partial charge in [0.1, 0.15) is 5.54 Å². The first kappa shape index (κ1) is 18.7.